The molecule has 0 rings (SSSR count). The van der Waals surface area contributed by atoms with Crippen molar-refractivity contribution >= 4 is 5.78 Å². The first-order valence-electron chi connectivity index (χ1n) is 2.04. The van der Waals surface area contributed by atoms with E-state index in [1.54, 1.807) is 0 Å². The number of aliphatic hydroxyl groups excluding tert-OH is 2. The number of hydrogen-bond donors (Lipinski definition) is 2. The molecule has 0 spiro atoms. The van der Waals surface area contributed by atoms with Crippen LogP contribution in [0, 0.1) is 0 Å². The van der Waals surface area contributed by atoms with Gasteiger partial charge in [0.25, 0.3) is 0 Å². The molecule has 0 fully saturated rings. The van der Waals surface area contributed by atoms with Gasteiger partial charge in [-0.05, 0) is 0 Å². The molecule has 3 heteroatoms. The number of hydrogen-bond acceptors (Lipinski definition) is 3. The second-order valence-electron chi connectivity index (χ2n) is 0.855. The Labute approximate surface area is 48.3 Å². The van der Waals surface area contributed by atoms with E-state index in [9.17, 15) is 4.79 Å². The van der Waals surface area contributed by atoms with E-state index >= 15 is 0 Å². The minimum absolute atomic E-state index is 0.546. The summed E-state index contributed by atoms with van der Waals surface area (Å²) in [5.41, 5.74) is 0. The number of carbonyl (C=O) groups excluding carboxylic acids is 1. The van der Waals surface area contributed by atoms with E-state index in [4.69, 9.17) is 10.2 Å². The molecule has 0 radical (unpaired) electrons. The zero-order valence-corrected chi connectivity index (χ0v) is 4.63. The van der Waals surface area contributed by atoms with E-state index in [1.807, 2.05) is 0 Å². The molecule has 0 aliphatic carbocycles. The average Bonchev–Trinajstić information content (AvgIpc) is 1.91. The number of ketones is 1. The van der Waals surface area contributed by atoms with Gasteiger partial charge < -0.3 is 10.2 Å². The van der Waals surface area contributed by atoms with Gasteiger partial charge in [-0.25, -0.2) is 0 Å². The van der Waals surface area contributed by atoms with Crippen molar-refractivity contribution in [2.24, 2.45) is 0 Å². The van der Waals surface area contributed by atoms with Gasteiger partial charge in [-0.15, -0.1) is 13.2 Å². The molecule has 0 saturated carbocycles. The van der Waals surface area contributed by atoms with Gasteiger partial charge in [-0.3, -0.25) is 4.79 Å². The van der Waals surface area contributed by atoms with Crippen molar-refractivity contribution in [3.63, 3.8) is 0 Å². The quantitative estimate of drug-likeness (QED) is 0.473. The Bertz CT molecular complexity index is 54.7. The van der Waals surface area contributed by atoms with E-state index in [2.05, 4.69) is 13.2 Å². The molecule has 3 nitrogen and oxygen atoms in total. The predicted octanol–water partition coefficient (Wildman–Crippen LogP) is -0.658. The molecule has 0 aliphatic rings. The fourth-order valence-corrected chi connectivity index (χ4v) is 0.0500. The number of carbonyl (C=O) groups is 1. The summed E-state index contributed by atoms with van der Waals surface area (Å²) < 4.78 is 0. The lowest BCUT2D eigenvalue weighted by Crippen LogP contribution is -2.07. The van der Waals surface area contributed by atoms with Crippen molar-refractivity contribution in [3.8, 4) is 0 Å². The molecule has 0 aromatic rings. The van der Waals surface area contributed by atoms with E-state index in [-0.39, 0.29) is 0 Å². The molecule has 0 bridgehead atoms. The highest BCUT2D eigenvalue weighted by Crippen LogP contribution is 1.59. The summed E-state index contributed by atoms with van der Waals surface area (Å²) in [4.78, 5) is 9.68. The van der Waals surface area contributed by atoms with E-state index in [0.717, 1.165) is 0 Å². The summed E-state index contributed by atoms with van der Waals surface area (Å²) in [5.74, 6) is -0.546. The first kappa shape index (κ1) is 10.3. The predicted molar refractivity (Wildman–Crippen MR) is 30.4 cm³/mol. The highest BCUT2D eigenvalue weighted by Gasteiger charge is 1.89. The lowest BCUT2D eigenvalue weighted by Gasteiger charge is -1.81. The van der Waals surface area contributed by atoms with Crippen molar-refractivity contribution in [1.29, 1.82) is 0 Å². The van der Waals surface area contributed by atoms with Gasteiger partial charge in [-0.2, -0.15) is 0 Å². The van der Waals surface area contributed by atoms with Gasteiger partial charge in [0.2, 0.25) is 0 Å². The lowest BCUT2D eigenvalue weighted by atomic mass is 10.5. The third-order valence-electron chi connectivity index (χ3n) is 0.353. The Kier molecular flexibility index (Phi) is 12.4. The van der Waals surface area contributed by atoms with Crippen molar-refractivity contribution in [2.75, 3.05) is 13.2 Å². The van der Waals surface area contributed by atoms with E-state index in [1.165, 1.54) is 0 Å². The summed E-state index contributed by atoms with van der Waals surface area (Å²) in [6, 6.07) is 0. The Balaban J connectivity index is 0. The number of aliphatic hydroxyl groups is 2. The standard InChI is InChI=1S/C3H6O3.C2H4/c4-1-3(6)2-5;1-2/h4-5H,1-2H2;1-2H2. The summed E-state index contributed by atoms with van der Waals surface area (Å²) in [6.45, 7) is 4.88. The molecule has 0 unspecified atom stereocenters. The van der Waals surface area contributed by atoms with Crippen molar-refractivity contribution < 1.29 is 15.0 Å². The van der Waals surface area contributed by atoms with Gasteiger partial charge in [0, 0.05) is 0 Å². The van der Waals surface area contributed by atoms with Gasteiger partial charge >= 0.3 is 0 Å². The fourth-order valence-electron chi connectivity index (χ4n) is 0.0500. The third kappa shape index (κ3) is 9.01. The number of rotatable bonds is 2. The van der Waals surface area contributed by atoms with Crippen molar-refractivity contribution in [3.05, 3.63) is 13.2 Å². The Morgan fingerprint density at radius 2 is 1.50 bits per heavy atom. The largest absolute Gasteiger partial charge is 0.388 e. The first-order valence-corrected chi connectivity index (χ1v) is 2.04. The SMILES string of the molecule is C=C.O=C(CO)CO. The van der Waals surface area contributed by atoms with Crippen LogP contribution in [-0.4, -0.2) is 29.2 Å². The minimum Gasteiger partial charge on any atom is -0.388 e. The first-order chi connectivity index (χ1) is 3.81. The van der Waals surface area contributed by atoms with Crippen LogP contribution < -0.4 is 0 Å². The Morgan fingerprint density at radius 3 is 1.50 bits per heavy atom. The monoisotopic (exact) mass is 118 g/mol. The third-order valence-corrected chi connectivity index (χ3v) is 0.353. The smallest absolute Gasteiger partial charge is 0.183 e. The molecule has 0 aliphatic heterocycles. The zero-order chi connectivity index (χ0) is 6.99. The van der Waals surface area contributed by atoms with Crippen molar-refractivity contribution in [1.82, 2.24) is 0 Å². The fraction of sp³-hybridized carbons (Fsp3) is 0.400. The molecule has 0 heterocycles. The summed E-state index contributed by atoms with van der Waals surface area (Å²) in [5, 5.41) is 15.7. The zero-order valence-electron chi connectivity index (χ0n) is 4.63. The highest BCUT2D eigenvalue weighted by molar-refractivity contribution is 5.80. The van der Waals surface area contributed by atoms with Crippen LogP contribution in [-0.2, 0) is 4.79 Å². The van der Waals surface area contributed by atoms with Crippen LogP contribution in [0.3, 0.4) is 0 Å². The van der Waals surface area contributed by atoms with Gasteiger partial charge in [0.05, 0.1) is 0 Å². The molecule has 2 N–H and O–H groups in total. The van der Waals surface area contributed by atoms with Crippen LogP contribution in [0.1, 0.15) is 0 Å². The molecule has 0 amide bonds. The molecule has 8 heavy (non-hydrogen) atoms. The maximum atomic E-state index is 9.68. The normalized spacial score (nSPS) is 6.75. The molecule has 0 atom stereocenters. The lowest BCUT2D eigenvalue weighted by molar-refractivity contribution is -0.124. The van der Waals surface area contributed by atoms with Crippen LogP contribution in [0.4, 0.5) is 0 Å². The van der Waals surface area contributed by atoms with Crippen molar-refractivity contribution in [2.45, 2.75) is 0 Å². The van der Waals surface area contributed by atoms with E-state index < -0.39 is 19.0 Å². The van der Waals surface area contributed by atoms with Crippen LogP contribution in [0.15, 0.2) is 13.2 Å². The second kappa shape index (κ2) is 9.59. The molecule has 0 saturated heterocycles. The summed E-state index contributed by atoms with van der Waals surface area (Å²) in [7, 11) is 0. The molecular weight excluding hydrogens is 108 g/mol. The highest BCUT2D eigenvalue weighted by atomic mass is 16.3. The second-order valence-corrected chi connectivity index (χ2v) is 0.855. The van der Waals surface area contributed by atoms with Gasteiger partial charge in [-0.1, -0.05) is 0 Å². The van der Waals surface area contributed by atoms with Crippen LogP contribution in [0.2, 0.25) is 0 Å². The molecule has 0 aromatic heterocycles. The van der Waals surface area contributed by atoms with Gasteiger partial charge in [0.15, 0.2) is 5.78 Å². The molecule has 0 aromatic carbocycles. The van der Waals surface area contributed by atoms with Crippen LogP contribution >= 0.6 is 0 Å². The van der Waals surface area contributed by atoms with Crippen LogP contribution in [0.25, 0.3) is 0 Å². The van der Waals surface area contributed by atoms with Crippen LogP contribution in [0.5, 0.6) is 0 Å². The molecular formula is C5H10O3. The Morgan fingerprint density at radius 1 is 1.25 bits per heavy atom. The topological polar surface area (TPSA) is 57.5 Å². The number of Topliss-reactive ketones (excluding diaryl/α,β-unsaturated/α-hetero) is 1. The maximum absolute atomic E-state index is 9.68. The summed E-state index contributed by atoms with van der Waals surface area (Å²) >= 11 is 0. The average molecular weight is 118 g/mol. The van der Waals surface area contributed by atoms with Gasteiger partial charge in [0.1, 0.15) is 13.2 Å². The molecule has 48 valence electrons. The maximum Gasteiger partial charge on any atom is 0.183 e. The summed E-state index contributed by atoms with van der Waals surface area (Å²) in [6.07, 6.45) is 0. The Hall–Kier alpha value is -0.670. The minimum atomic E-state index is -0.559. The van der Waals surface area contributed by atoms with E-state index in [0.29, 0.717) is 0 Å².